The Hall–Kier alpha value is -3.28. The fraction of sp³-hybridized carbons (Fsp3) is 0.158. The third-order valence-corrected chi connectivity index (χ3v) is 4.39. The van der Waals surface area contributed by atoms with E-state index in [1.165, 1.54) is 10.7 Å². The van der Waals surface area contributed by atoms with E-state index in [-0.39, 0.29) is 12.1 Å². The maximum atomic E-state index is 12.6. The van der Waals surface area contributed by atoms with Crippen molar-refractivity contribution in [2.75, 3.05) is 0 Å². The van der Waals surface area contributed by atoms with Crippen LogP contribution in [0.15, 0.2) is 56.5 Å². The van der Waals surface area contributed by atoms with Gasteiger partial charge in [-0.3, -0.25) is 4.79 Å². The number of benzene rings is 2. The molecule has 0 aliphatic rings. The normalized spacial score (nSPS) is 11.3. The van der Waals surface area contributed by atoms with Crippen molar-refractivity contribution in [3.63, 3.8) is 0 Å². The number of nitrogens with zero attached hydrogens (tertiary/aromatic N) is 3. The molecule has 25 heavy (non-hydrogen) atoms. The van der Waals surface area contributed by atoms with Gasteiger partial charge in [-0.25, -0.2) is 9.48 Å². The smallest absolute Gasteiger partial charge is 0.336 e. The minimum Gasteiger partial charge on any atom is -0.423 e. The van der Waals surface area contributed by atoms with Crippen LogP contribution in [0.2, 0.25) is 0 Å². The molecule has 0 saturated carbocycles. The number of aryl methyl sites for hydroxylation is 2. The summed E-state index contributed by atoms with van der Waals surface area (Å²) in [4.78, 5) is 24.5. The largest absolute Gasteiger partial charge is 0.423 e. The summed E-state index contributed by atoms with van der Waals surface area (Å²) < 4.78 is 6.57. The Bertz CT molecular complexity index is 1240. The van der Waals surface area contributed by atoms with Crippen molar-refractivity contribution in [1.29, 1.82) is 0 Å². The zero-order valence-electron chi connectivity index (χ0n) is 13.8. The highest BCUT2D eigenvalue weighted by Crippen LogP contribution is 2.22. The fourth-order valence-corrected chi connectivity index (χ4v) is 2.90. The molecule has 0 unspecified atom stereocenters. The van der Waals surface area contributed by atoms with E-state index in [9.17, 15) is 9.59 Å². The molecule has 0 fully saturated rings. The highest BCUT2D eigenvalue weighted by Gasteiger charge is 2.11. The zero-order valence-corrected chi connectivity index (χ0v) is 13.8. The quantitative estimate of drug-likeness (QED) is 0.527. The van der Waals surface area contributed by atoms with Gasteiger partial charge in [0.25, 0.3) is 5.56 Å². The molecule has 0 N–H and O–H groups in total. The van der Waals surface area contributed by atoms with Gasteiger partial charge in [-0.1, -0.05) is 17.3 Å². The fourth-order valence-electron chi connectivity index (χ4n) is 2.90. The van der Waals surface area contributed by atoms with Crippen molar-refractivity contribution in [2.24, 2.45) is 0 Å². The number of hydrogen-bond acceptors (Lipinski definition) is 5. The molecular formula is C19H15N3O3. The third-order valence-electron chi connectivity index (χ3n) is 4.39. The van der Waals surface area contributed by atoms with Crippen molar-refractivity contribution in [2.45, 2.75) is 20.4 Å². The summed E-state index contributed by atoms with van der Waals surface area (Å²) in [5.74, 6) is 0. The number of aromatic nitrogens is 3. The summed E-state index contributed by atoms with van der Waals surface area (Å²) >= 11 is 0. The Kier molecular flexibility index (Phi) is 3.46. The van der Waals surface area contributed by atoms with Crippen LogP contribution in [-0.4, -0.2) is 15.0 Å². The molecule has 124 valence electrons. The Balaban J connectivity index is 1.92. The summed E-state index contributed by atoms with van der Waals surface area (Å²) in [7, 11) is 0. The lowest BCUT2D eigenvalue weighted by molar-refractivity contribution is 0.551. The first-order valence-electron chi connectivity index (χ1n) is 7.89. The first-order chi connectivity index (χ1) is 12.0. The van der Waals surface area contributed by atoms with Gasteiger partial charge in [0, 0.05) is 11.5 Å². The van der Waals surface area contributed by atoms with E-state index in [4.69, 9.17) is 4.42 Å². The van der Waals surface area contributed by atoms with E-state index >= 15 is 0 Å². The van der Waals surface area contributed by atoms with Crippen LogP contribution in [0.5, 0.6) is 0 Å². The van der Waals surface area contributed by atoms with Gasteiger partial charge in [0.1, 0.15) is 11.1 Å². The molecule has 4 aromatic rings. The zero-order chi connectivity index (χ0) is 17.6. The molecule has 0 aliphatic carbocycles. The third kappa shape index (κ3) is 2.61. The van der Waals surface area contributed by atoms with E-state index in [1.54, 1.807) is 18.2 Å². The molecule has 6 nitrogen and oxygen atoms in total. The SMILES string of the molecule is Cc1cc2oc(=O)cc(Cn3nnc4ccccc4c3=O)c2cc1C. The average molecular weight is 333 g/mol. The highest BCUT2D eigenvalue weighted by atomic mass is 16.4. The topological polar surface area (TPSA) is 78.0 Å². The van der Waals surface area contributed by atoms with Gasteiger partial charge in [0.05, 0.1) is 11.9 Å². The second-order valence-electron chi connectivity index (χ2n) is 6.09. The molecule has 0 aliphatic heterocycles. The number of rotatable bonds is 2. The molecule has 6 heteroatoms. The molecular weight excluding hydrogens is 318 g/mol. The molecule has 2 aromatic heterocycles. The lowest BCUT2D eigenvalue weighted by atomic mass is 10.0. The highest BCUT2D eigenvalue weighted by molar-refractivity contribution is 5.82. The Labute approximate surface area is 142 Å². The van der Waals surface area contributed by atoms with E-state index in [0.29, 0.717) is 22.0 Å². The second kappa shape index (κ2) is 5.66. The predicted molar refractivity (Wildman–Crippen MR) is 94.9 cm³/mol. The van der Waals surface area contributed by atoms with Gasteiger partial charge in [0.2, 0.25) is 0 Å². The van der Waals surface area contributed by atoms with Gasteiger partial charge in [-0.15, -0.1) is 5.10 Å². The molecule has 0 saturated heterocycles. The van der Waals surface area contributed by atoms with Crippen LogP contribution >= 0.6 is 0 Å². The monoisotopic (exact) mass is 333 g/mol. The van der Waals surface area contributed by atoms with Gasteiger partial charge >= 0.3 is 5.63 Å². The summed E-state index contributed by atoms with van der Waals surface area (Å²) in [5.41, 5.74) is 3.17. The Morgan fingerprint density at radius 2 is 1.76 bits per heavy atom. The summed E-state index contributed by atoms with van der Waals surface area (Å²) in [6, 6.07) is 12.3. The maximum Gasteiger partial charge on any atom is 0.336 e. The maximum absolute atomic E-state index is 12.6. The summed E-state index contributed by atoms with van der Waals surface area (Å²) in [5, 5.41) is 9.38. The van der Waals surface area contributed by atoms with Gasteiger partial charge in [-0.2, -0.15) is 0 Å². The predicted octanol–water partition coefficient (Wildman–Crippen LogP) is 2.56. The first kappa shape index (κ1) is 15.3. The molecule has 0 atom stereocenters. The summed E-state index contributed by atoms with van der Waals surface area (Å²) in [6.07, 6.45) is 0. The van der Waals surface area contributed by atoms with Crippen molar-refractivity contribution in [1.82, 2.24) is 15.0 Å². The van der Waals surface area contributed by atoms with Crippen molar-refractivity contribution in [3.8, 4) is 0 Å². The van der Waals surface area contributed by atoms with Crippen LogP contribution < -0.4 is 11.2 Å². The molecule has 0 amide bonds. The van der Waals surface area contributed by atoms with Crippen molar-refractivity contribution in [3.05, 3.63) is 79.9 Å². The lowest BCUT2D eigenvalue weighted by Crippen LogP contribution is -2.25. The molecule has 0 bridgehead atoms. The standard InChI is InChI=1S/C19H15N3O3/c1-11-7-15-13(9-18(23)25-17(15)8-12(11)2)10-22-19(24)14-5-3-4-6-16(14)20-21-22/h3-9H,10H2,1-2H3. The van der Waals surface area contributed by atoms with Gasteiger partial charge in [0.15, 0.2) is 0 Å². The van der Waals surface area contributed by atoms with E-state index in [2.05, 4.69) is 10.3 Å². The van der Waals surface area contributed by atoms with Crippen LogP contribution in [0.4, 0.5) is 0 Å². The summed E-state index contributed by atoms with van der Waals surface area (Å²) in [6.45, 7) is 4.10. The second-order valence-corrected chi connectivity index (χ2v) is 6.09. The van der Waals surface area contributed by atoms with Gasteiger partial charge in [-0.05, 0) is 54.8 Å². The van der Waals surface area contributed by atoms with Crippen LogP contribution in [0.25, 0.3) is 21.9 Å². The number of hydrogen-bond donors (Lipinski definition) is 0. The number of fused-ring (bicyclic) bond motifs is 2. The van der Waals surface area contributed by atoms with Crippen LogP contribution in [0, 0.1) is 13.8 Å². The van der Waals surface area contributed by atoms with Crippen LogP contribution in [0.3, 0.4) is 0 Å². The minimum atomic E-state index is -0.451. The van der Waals surface area contributed by atoms with Gasteiger partial charge < -0.3 is 4.42 Å². The van der Waals surface area contributed by atoms with Crippen LogP contribution in [-0.2, 0) is 6.54 Å². The van der Waals surface area contributed by atoms with E-state index in [1.807, 2.05) is 32.0 Å². The molecule has 2 aromatic carbocycles. The van der Waals surface area contributed by atoms with Crippen molar-refractivity contribution < 1.29 is 4.42 Å². The van der Waals surface area contributed by atoms with Crippen LogP contribution in [0.1, 0.15) is 16.7 Å². The Morgan fingerprint density at radius 1 is 1.00 bits per heavy atom. The first-order valence-corrected chi connectivity index (χ1v) is 7.89. The Morgan fingerprint density at radius 3 is 2.60 bits per heavy atom. The lowest BCUT2D eigenvalue weighted by Gasteiger charge is -2.09. The minimum absolute atomic E-state index is 0.154. The average Bonchev–Trinajstić information content (AvgIpc) is 2.59. The molecule has 2 heterocycles. The van der Waals surface area contributed by atoms with E-state index < -0.39 is 5.63 Å². The van der Waals surface area contributed by atoms with Crippen molar-refractivity contribution >= 4 is 21.9 Å². The molecule has 4 rings (SSSR count). The molecule has 0 spiro atoms. The molecule has 0 radical (unpaired) electrons. The van der Waals surface area contributed by atoms with E-state index in [0.717, 1.165) is 16.5 Å².